The van der Waals surface area contributed by atoms with Crippen molar-refractivity contribution in [2.75, 3.05) is 15.4 Å². The predicted molar refractivity (Wildman–Crippen MR) is 292 cm³/mol. The van der Waals surface area contributed by atoms with Crippen molar-refractivity contribution in [2.24, 2.45) is 31.7 Å². The summed E-state index contributed by atoms with van der Waals surface area (Å²) in [6.07, 6.45) is 0. The predicted octanol–water partition coefficient (Wildman–Crippen LogP) is 11.3. The summed E-state index contributed by atoms with van der Waals surface area (Å²) in [5.41, 5.74) is 19.8. The average Bonchev–Trinajstić information content (AvgIpc) is 3.34. The van der Waals surface area contributed by atoms with Crippen molar-refractivity contribution in [3.8, 4) is 5.75 Å². The lowest BCUT2D eigenvalue weighted by Gasteiger charge is -2.16. The molecule has 0 radical (unpaired) electrons. The monoisotopic (exact) mass is 1060 g/mol. The van der Waals surface area contributed by atoms with Gasteiger partial charge in [0.1, 0.15) is 10.6 Å². The summed E-state index contributed by atoms with van der Waals surface area (Å²) in [5, 5.41) is 24.2. The van der Waals surface area contributed by atoms with Gasteiger partial charge in [0, 0.05) is 11.4 Å². The van der Waals surface area contributed by atoms with Crippen LogP contribution in [-0.2, 0) is 30.3 Å². The molecule has 0 unspecified atom stereocenters. The zero-order valence-corrected chi connectivity index (χ0v) is 43.1. The summed E-state index contributed by atoms with van der Waals surface area (Å²) in [6.45, 7) is 9.83. The number of hydrogen-bond donors (Lipinski definition) is 8. The molecule has 0 saturated carbocycles. The fourth-order valence-corrected chi connectivity index (χ4v) is 9.16. The third-order valence-corrected chi connectivity index (χ3v) is 13.9. The van der Waals surface area contributed by atoms with Crippen molar-refractivity contribution in [1.82, 2.24) is 0 Å². The molecule has 0 aliphatic carbocycles. The van der Waals surface area contributed by atoms with Crippen molar-refractivity contribution >= 4 is 92.8 Å². The molecule has 74 heavy (non-hydrogen) atoms. The van der Waals surface area contributed by atoms with Crippen molar-refractivity contribution in [3.05, 3.63) is 198 Å². The highest BCUT2D eigenvalue weighted by molar-refractivity contribution is 7.92. The number of fused-ring (bicyclic) bond motifs is 1. The summed E-state index contributed by atoms with van der Waals surface area (Å²) in [6, 6.07) is 47.7. The normalized spacial score (nSPS) is 12.0. The van der Waals surface area contributed by atoms with Crippen LogP contribution in [0.1, 0.15) is 27.8 Å². The van der Waals surface area contributed by atoms with Crippen LogP contribution in [0.3, 0.4) is 0 Å². The molecular weight excluding hydrogens is 1000 g/mol. The number of azo groups is 1. The van der Waals surface area contributed by atoms with Gasteiger partial charge in [-0.25, -0.2) is 18.4 Å². The van der Waals surface area contributed by atoms with E-state index >= 15 is 0 Å². The fraction of sp³-hybridized carbons (Fsp3) is 0.0943. The maximum atomic E-state index is 13.1. The minimum absolute atomic E-state index is 0.202. The maximum Gasteiger partial charge on any atom is 0.296 e. The summed E-state index contributed by atoms with van der Waals surface area (Å²) in [4.78, 5) is 6.80. The Kier molecular flexibility index (Phi) is 17.7. The quantitative estimate of drug-likeness (QED) is 0.0259. The first-order chi connectivity index (χ1) is 35.0. The highest BCUT2D eigenvalue weighted by atomic mass is 32.2. The van der Waals surface area contributed by atoms with Crippen LogP contribution in [0.5, 0.6) is 5.75 Å². The summed E-state index contributed by atoms with van der Waals surface area (Å²) in [7, 11) is -14.4. The first-order valence-corrected chi connectivity index (χ1v) is 26.7. The van der Waals surface area contributed by atoms with Crippen LogP contribution in [0.4, 0.5) is 39.8 Å². The lowest BCUT2D eigenvalue weighted by atomic mass is 10.1. The number of aliphatic imine (C=N–C) groups is 2. The molecule has 382 valence electrons. The van der Waals surface area contributed by atoms with E-state index in [1.165, 1.54) is 36.4 Å². The molecule has 0 bridgehead atoms. The molecule has 18 nitrogen and oxygen atoms in total. The van der Waals surface area contributed by atoms with Gasteiger partial charge in [0.25, 0.3) is 30.3 Å². The zero-order valence-electron chi connectivity index (χ0n) is 40.6. The lowest BCUT2D eigenvalue weighted by molar-refractivity contribution is 0.472. The second kappa shape index (κ2) is 23.8. The SMILES string of the molecule is Cc1ccc(S(=O)(=O)Nc2cc(S(=O)(=O)O)cc3cc(S(=O)(=O)O)c(N=Nc4ccccc4)c(O)c23)cc1.Cc1ccccc1N=C(N)Nc1ccccc1C.Cc1ccccc1N=C(N)Nc1ccccc1C. The number of sulfonamides is 1. The summed E-state index contributed by atoms with van der Waals surface area (Å²) in [5.74, 6) is -0.129. The molecule has 0 atom stereocenters. The first-order valence-electron chi connectivity index (χ1n) is 22.3. The molecule has 0 spiro atoms. The number of nitrogens with two attached hydrogens (primary N) is 2. The second-order valence-electron chi connectivity index (χ2n) is 16.5. The van der Waals surface area contributed by atoms with Crippen LogP contribution in [0.25, 0.3) is 10.8 Å². The van der Waals surface area contributed by atoms with Crippen molar-refractivity contribution < 1.29 is 39.5 Å². The number of phenols is 1. The van der Waals surface area contributed by atoms with Gasteiger partial charge in [-0.3, -0.25) is 13.8 Å². The summed E-state index contributed by atoms with van der Waals surface area (Å²) >= 11 is 0. The van der Waals surface area contributed by atoms with E-state index in [2.05, 4.69) is 35.6 Å². The third kappa shape index (κ3) is 14.8. The number of nitrogens with zero attached hydrogens (tertiary/aromatic N) is 4. The standard InChI is InChI=1S/C23H19N3O9S3.2C15H17N3/c1-14-7-9-17(10-8-14)36(28,29)26-19-13-18(37(30,31)32)11-15-12-20(38(33,34)35)22(23(27)21(15)19)25-24-16-5-3-2-4-6-16;2*1-11-7-3-5-9-13(11)17-15(16)18-14-10-6-4-8-12(14)2/h2-13,26-27H,1H3,(H,30,31,32)(H,33,34,35);2*3-10H,1-2H3,(H3,16,17,18). The van der Waals surface area contributed by atoms with E-state index in [1.54, 1.807) is 25.1 Å². The smallest absolute Gasteiger partial charge is 0.296 e. The molecule has 8 rings (SSSR count). The number of aryl methyl sites for hydroxylation is 5. The van der Waals surface area contributed by atoms with Crippen LogP contribution in [0.15, 0.2) is 205 Å². The zero-order chi connectivity index (χ0) is 53.8. The van der Waals surface area contributed by atoms with Crippen LogP contribution >= 0.6 is 0 Å². The van der Waals surface area contributed by atoms with Crippen LogP contribution in [-0.4, -0.2) is 51.4 Å². The molecule has 8 aromatic carbocycles. The Morgan fingerprint density at radius 2 is 0.946 bits per heavy atom. The van der Waals surface area contributed by atoms with Gasteiger partial charge in [0.2, 0.25) is 0 Å². The van der Waals surface area contributed by atoms with E-state index < -0.39 is 57.2 Å². The van der Waals surface area contributed by atoms with Crippen LogP contribution in [0, 0.1) is 34.6 Å². The van der Waals surface area contributed by atoms with E-state index in [-0.39, 0.29) is 21.4 Å². The van der Waals surface area contributed by atoms with Gasteiger partial charge in [0.05, 0.1) is 37.9 Å². The first kappa shape index (κ1) is 54.9. The summed E-state index contributed by atoms with van der Waals surface area (Å²) < 4.78 is 95.8. The van der Waals surface area contributed by atoms with E-state index in [4.69, 9.17) is 11.5 Å². The molecule has 0 aliphatic heterocycles. The molecule has 0 aliphatic rings. The van der Waals surface area contributed by atoms with Crippen LogP contribution < -0.4 is 26.8 Å². The van der Waals surface area contributed by atoms with Gasteiger partial charge in [-0.2, -0.15) is 21.9 Å². The molecule has 0 amide bonds. The molecular formula is C53H53N9O9S3. The molecule has 0 aromatic heterocycles. The minimum atomic E-state index is -5.06. The fourth-order valence-electron chi connectivity index (χ4n) is 6.90. The highest BCUT2D eigenvalue weighted by Crippen LogP contribution is 2.45. The molecule has 0 saturated heterocycles. The number of benzene rings is 8. The molecule has 0 fully saturated rings. The number of anilines is 3. The lowest BCUT2D eigenvalue weighted by Crippen LogP contribution is -2.22. The molecule has 0 heterocycles. The maximum absolute atomic E-state index is 13.1. The Balaban J connectivity index is 0.000000205. The third-order valence-electron chi connectivity index (χ3n) is 10.8. The van der Waals surface area contributed by atoms with Gasteiger partial charge < -0.3 is 27.2 Å². The van der Waals surface area contributed by atoms with Gasteiger partial charge in [-0.05, 0) is 129 Å². The Morgan fingerprint density at radius 3 is 1.41 bits per heavy atom. The van der Waals surface area contributed by atoms with E-state index in [0.717, 1.165) is 68.8 Å². The van der Waals surface area contributed by atoms with E-state index in [9.17, 15) is 39.5 Å². The average molecular weight is 1060 g/mol. The molecule has 8 aromatic rings. The Bertz CT molecular complexity index is 3660. The molecule has 10 N–H and O–H groups in total. The van der Waals surface area contributed by atoms with E-state index in [1.807, 2.05) is 125 Å². The van der Waals surface area contributed by atoms with Crippen LogP contribution in [0.2, 0.25) is 0 Å². The Hall–Kier alpha value is -8.47. The number of aromatic hydroxyl groups is 1. The van der Waals surface area contributed by atoms with Crippen molar-refractivity contribution in [1.29, 1.82) is 0 Å². The molecule has 21 heteroatoms. The topological polar surface area (TPSA) is 301 Å². The van der Waals surface area contributed by atoms with Crippen molar-refractivity contribution in [2.45, 2.75) is 49.3 Å². The number of phenolic OH excluding ortho intramolecular Hbond substituents is 1. The van der Waals surface area contributed by atoms with Gasteiger partial charge in [-0.15, -0.1) is 5.11 Å². The number of nitrogens with one attached hydrogen (secondary N) is 3. The van der Waals surface area contributed by atoms with Gasteiger partial charge in [-0.1, -0.05) is 109 Å². The number of hydrogen-bond acceptors (Lipinski definition) is 11. The Labute approximate surface area is 429 Å². The van der Waals surface area contributed by atoms with E-state index in [0.29, 0.717) is 11.9 Å². The number of rotatable bonds is 11. The van der Waals surface area contributed by atoms with Crippen molar-refractivity contribution in [3.63, 3.8) is 0 Å². The number of para-hydroxylation sites is 4. The largest absolute Gasteiger partial charge is 0.505 e. The highest BCUT2D eigenvalue weighted by Gasteiger charge is 2.27. The van der Waals surface area contributed by atoms with Gasteiger partial charge >= 0.3 is 0 Å². The second-order valence-corrected chi connectivity index (χ2v) is 21.0. The minimum Gasteiger partial charge on any atom is -0.505 e. The van der Waals surface area contributed by atoms with Gasteiger partial charge in [0.15, 0.2) is 17.7 Å². The Morgan fingerprint density at radius 1 is 0.486 bits per heavy atom. The number of guanidine groups is 2.